The molecule has 2 nitrogen and oxygen atoms in total. The van der Waals surface area contributed by atoms with E-state index in [1.54, 1.807) is 0 Å². The molecular formula is C9H4F2O2. The van der Waals surface area contributed by atoms with E-state index in [0.717, 1.165) is 18.2 Å². The summed E-state index contributed by atoms with van der Waals surface area (Å²) in [4.78, 5) is 10.7. The molecule has 2 aromatic rings. The summed E-state index contributed by atoms with van der Waals surface area (Å²) in [5.41, 5.74) is -1.04. The van der Waals surface area contributed by atoms with E-state index in [0.29, 0.717) is 0 Å². The van der Waals surface area contributed by atoms with Gasteiger partial charge in [0, 0.05) is 6.07 Å². The quantitative estimate of drug-likeness (QED) is 0.584. The SMILES string of the molecule is O=c1ccc2c(F)ccc(F)c2o1. The lowest BCUT2D eigenvalue weighted by Crippen LogP contribution is -1.96. The maximum Gasteiger partial charge on any atom is 0.336 e. The van der Waals surface area contributed by atoms with Gasteiger partial charge in [-0.1, -0.05) is 0 Å². The van der Waals surface area contributed by atoms with Crippen LogP contribution in [0.15, 0.2) is 33.5 Å². The second-order valence-corrected chi connectivity index (χ2v) is 2.53. The summed E-state index contributed by atoms with van der Waals surface area (Å²) >= 11 is 0. The number of fused-ring (bicyclic) bond motifs is 1. The summed E-state index contributed by atoms with van der Waals surface area (Å²) in [6.07, 6.45) is 0. The number of hydrogen-bond donors (Lipinski definition) is 0. The van der Waals surface area contributed by atoms with E-state index in [2.05, 4.69) is 4.42 Å². The van der Waals surface area contributed by atoms with E-state index in [9.17, 15) is 13.6 Å². The molecule has 0 amide bonds. The molecule has 0 aliphatic carbocycles. The molecule has 4 heteroatoms. The van der Waals surface area contributed by atoms with Gasteiger partial charge in [0.05, 0.1) is 5.39 Å². The Kier molecular flexibility index (Phi) is 1.62. The van der Waals surface area contributed by atoms with Gasteiger partial charge in [0.15, 0.2) is 11.4 Å². The normalized spacial score (nSPS) is 10.6. The van der Waals surface area contributed by atoms with Crippen LogP contribution < -0.4 is 5.63 Å². The van der Waals surface area contributed by atoms with Crippen LogP contribution in [0.2, 0.25) is 0 Å². The maximum atomic E-state index is 13.0. The highest BCUT2D eigenvalue weighted by molar-refractivity contribution is 5.77. The van der Waals surface area contributed by atoms with Crippen LogP contribution in [-0.2, 0) is 0 Å². The van der Waals surface area contributed by atoms with Crippen LogP contribution in [0.3, 0.4) is 0 Å². The third-order valence-corrected chi connectivity index (χ3v) is 1.68. The van der Waals surface area contributed by atoms with E-state index in [-0.39, 0.29) is 11.0 Å². The second-order valence-electron chi connectivity index (χ2n) is 2.53. The number of halogens is 2. The Bertz CT molecular complexity index is 516. The van der Waals surface area contributed by atoms with E-state index in [4.69, 9.17) is 0 Å². The van der Waals surface area contributed by atoms with Crippen molar-refractivity contribution >= 4 is 11.0 Å². The van der Waals surface area contributed by atoms with Crippen molar-refractivity contribution in [2.24, 2.45) is 0 Å². The van der Waals surface area contributed by atoms with Gasteiger partial charge in [0.2, 0.25) is 0 Å². The van der Waals surface area contributed by atoms with Crippen LogP contribution in [0.25, 0.3) is 11.0 Å². The number of hydrogen-bond acceptors (Lipinski definition) is 2. The average Bonchev–Trinajstić information content (AvgIpc) is 2.12. The third kappa shape index (κ3) is 1.20. The van der Waals surface area contributed by atoms with Crippen molar-refractivity contribution in [3.05, 3.63) is 46.3 Å². The second kappa shape index (κ2) is 2.65. The zero-order valence-corrected chi connectivity index (χ0v) is 6.38. The molecule has 1 aromatic heterocycles. The van der Waals surface area contributed by atoms with Gasteiger partial charge in [0.25, 0.3) is 0 Å². The molecule has 0 bridgehead atoms. The van der Waals surface area contributed by atoms with Crippen molar-refractivity contribution in [2.45, 2.75) is 0 Å². The van der Waals surface area contributed by atoms with Crippen molar-refractivity contribution in [3.63, 3.8) is 0 Å². The molecule has 0 aliphatic rings. The molecule has 0 saturated heterocycles. The highest BCUT2D eigenvalue weighted by atomic mass is 19.1. The van der Waals surface area contributed by atoms with Crippen molar-refractivity contribution in [1.29, 1.82) is 0 Å². The molecule has 2 rings (SSSR count). The lowest BCUT2D eigenvalue weighted by molar-refractivity contribution is 0.518. The number of benzene rings is 1. The first-order chi connectivity index (χ1) is 6.18. The van der Waals surface area contributed by atoms with Crippen LogP contribution in [0.1, 0.15) is 0 Å². The molecule has 13 heavy (non-hydrogen) atoms. The lowest BCUT2D eigenvalue weighted by atomic mass is 10.2. The van der Waals surface area contributed by atoms with Crippen molar-refractivity contribution in [2.75, 3.05) is 0 Å². The minimum absolute atomic E-state index is 0.0281. The summed E-state index contributed by atoms with van der Waals surface area (Å²) in [7, 11) is 0. The summed E-state index contributed by atoms with van der Waals surface area (Å²) in [5, 5.41) is -0.0281. The highest BCUT2D eigenvalue weighted by Crippen LogP contribution is 2.18. The van der Waals surface area contributed by atoms with Crippen molar-refractivity contribution in [1.82, 2.24) is 0 Å². The summed E-state index contributed by atoms with van der Waals surface area (Å²) in [5.74, 6) is -1.35. The summed E-state index contributed by atoms with van der Waals surface area (Å²) in [6.45, 7) is 0. The minimum Gasteiger partial charge on any atom is -0.419 e. The monoisotopic (exact) mass is 182 g/mol. The zero-order valence-electron chi connectivity index (χ0n) is 6.38. The Balaban J connectivity index is 3.00. The molecule has 0 N–H and O–H groups in total. The Morgan fingerprint density at radius 1 is 1.00 bits per heavy atom. The van der Waals surface area contributed by atoms with E-state index >= 15 is 0 Å². The fraction of sp³-hybridized carbons (Fsp3) is 0. The molecular weight excluding hydrogens is 178 g/mol. The molecule has 0 spiro atoms. The summed E-state index contributed by atoms with van der Waals surface area (Å²) < 4.78 is 30.4. The number of rotatable bonds is 0. The molecule has 1 aromatic carbocycles. The Labute approximate surface area is 71.4 Å². The van der Waals surface area contributed by atoms with Gasteiger partial charge >= 0.3 is 5.63 Å². The smallest absolute Gasteiger partial charge is 0.336 e. The van der Waals surface area contributed by atoms with Gasteiger partial charge in [-0.05, 0) is 18.2 Å². The van der Waals surface area contributed by atoms with Crippen LogP contribution in [0.5, 0.6) is 0 Å². The molecule has 0 unspecified atom stereocenters. The standard InChI is InChI=1S/C9H4F2O2/c10-6-2-3-7(11)9-5(6)1-4-8(12)13-9/h1-4H. The van der Waals surface area contributed by atoms with Gasteiger partial charge in [-0.3, -0.25) is 0 Å². The maximum absolute atomic E-state index is 13.0. The molecule has 1 heterocycles. The van der Waals surface area contributed by atoms with Gasteiger partial charge < -0.3 is 4.42 Å². The molecule has 0 fully saturated rings. The first-order valence-electron chi connectivity index (χ1n) is 3.56. The largest absolute Gasteiger partial charge is 0.419 e. The van der Waals surface area contributed by atoms with Crippen molar-refractivity contribution < 1.29 is 13.2 Å². The minimum atomic E-state index is -0.742. The molecule has 0 atom stereocenters. The lowest BCUT2D eigenvalue weighted by Gasteiger charge is -1.97. The molecule has 0 aliphatic heterocycles. The van der Waals surface area contributed by atoms with Gasteiger partial charge in [-0.15, -0.1) is 0 Å². The van der Waals surface area contributed by atoms with Crippen LogP contribution in [0.4, 0.5) is 8.78 Å². The molecule has 0 saturated carbocycles. The van der Waals surface area contributed by atoms with E-state index in [1.807, 2.05) is 0 Å². The first-order valence-corrected chi connectivity index (χ1v) is 3.56. The Morgan fingerprint density at radius 2 is 1.69 bits per heavy atom. The van der Waals surface area contributed by atoms with Crippen LogP contribution in [0, 0.1) is 11.6 Å². The van der Waals surface area contributed by atoms with Crippen molar-refractivity contribution in [3.8, 4) is 0 Å². The predicted molar refractivity (Wildman–Crippen MR) is 42.4 cm³/mol. The third-order valence-electron chi connectivity index (χ3n) is 1.68. The molecule has 0 radical (unpaired) electrons. The van der Waals surface area contributed by atoms with Gasteiger partial charge in [-0.2, -0.15) is 0 Å². The predicted octanol–water partition coefficient (Wildman–Crippen LogP) is 2.07. The topological polar surface area (TPSA) is 30.2 Å². The zero-order chi connectivity index (χ0) is 9.42. The van der Waals surface area contributed by atoms with E-state index < -0.39 is 17.3 Å². The van der Waals surface area contributed by atoms with Gasteiger partial charge in [0.1, 0.15) is 5.82 Å². The molecule has 66 valence electrons. The summed E-state index contributed by atoms with van der Waals surface area (Å²) in [6, 6.07) is 4.14. The fourth-order valence-corrected chi connectivity index (χ4v) is 1.09. The highest BCUT2D eigenvalue weighted by Gasteiger charge is 2.07. The van der Waals surface area contributed by atoms with E-state index in [1.165, 1.54) is 6.07 Å². The first kappa shape index (κ1) is 7.91. The van der Waals surface area contributed by atoms with Crippen LogP contribution in [-0.4, -0.2) is 0 Å². The fourth-order valence-electron chi connectivity index (χ4n) is 1.09. The Morgan fingerprint density at radius 3 is 2.46 bits per heavy atom. The Hall–Kier alpha value is -1.71. The van der Waals surface area contributed by atoms with Crippen LogP contribution >= 0.6 is 0 Å². The van der Waals surface area contributed by atoms with Gasteiger partial charge in [-0.25, -0.2) is 13.6 Å². The average molecular weight is 182 g/mol.